The van der Waals surface area contributed by atoms with E-state index in [-0.39, 0.29) is 23.7 Å². The van der Waals surface area contributed by atoms with Gasteiger partial charge in [0, 0.05) is 36.3 Å². The first-order chi connectivity index (χ1) is 14.8. The van der Waals surface area contributed by atoms with Crippen molar-refractivity contribution < 1.29 is 4.79 Å². The molecule has 0 spiro atoms. The normalized spacial score (nSPS) is 18.4. The van der Waals surface area contributed by atoms with Gasteiger partial charge in [0.25, 0.3) is 0 Å². The fourth-order valence-corrected chi connectivity index (χ4v) is 4.87. The Labute approximate surface area is 180 Å². The topological polar surface area (TPSA) is 49.0 Å². The van der Waals surface area contributed by atoms with Gasteiger partial charge in [0.15, 0.2) is 0 Å². The molecule has 30 heavy (non-hydrogen) atoms. The summed E-state index contributed by atoms with van der Waals surface area (Å²) in [7, 11) is 0. The number of H-pyrrole nitrogens is 1. The number of hydrogen-bond acceptors (Lipinski definition) is 2. The molecule has 3 heterocycles. The van der Waals surface area contributed by atoms with Crippen molar-refractivity contribution in [2.75, 3.05) is 5.88 Å². The molecule has 1 aliphatic heterocycles. The van der Waals surface area contributed by atoms with Gasteiger partial charge in [-0.05, 0) is 40.8 Å². The molecule has 1 N–H and O–H groups in total. The van der Waals surface area contributed by atoms with Gasteiger partial charge in [0.2, 0.25) is 5.91 Å². The Morgan fingerprint density at radius 1 is 1.07 bits per heavy atom. The van der Waals surface area contributed by atoms with Crippen LogP contribution in [0.5, 0.6) is 0 Å². The minimum atomic E-state index is -0.0345. The SMILES string of the molecule is O=C(CCl)N1Cc2ccccc2C(c2ccccc2)C1Cc1c[nH]c2ncccc12. The van der Waals surface area contributed by atoms with Gasteiger partial charge in [0.1, 0.15) is 11.5 Å². The molecule has 2 unspecified atom stereocenters. The number of aromatic amines is 1. The van der Waals surface area contributed by atoms with E-state index in [0.29, 0.717) is 6.54 Å². The van der Waals surface area contributed by atoms with E-state index in [1.54, 1.807) is 6.20 Å². The highest BCUT2D eigenvalue weighted by Crippen LogP contribution is 2.40. The molecule has 0 aliphatic carbocycles. The summed E-state index contributed by atoms with van der Waals surface area (Å²) in [6, 6.07) is 22.9. The van der Waals surface area contributed by atoms with Gasteiger partial charge in [0.05, 0.1) is 0 Å². The van der Waals surface area contributed by atoms with E-state index in [9.17, 15) is 4.79 Å². The molecule has 150 valence electrons. The van der Waals surface area contributed by atoms with Crippen molar-refractivity contribution in [1.29, 1.82) is 0 Å². The van der Waals surface area contributed by atoms with Crippen LogP contribution in [0, 0.1) is 0 Å². The molecule has 4 aromatic rings. The fraction of sp³-hybridized carbons (Fsp3) is 0.200. The zero-order chi connectivity index (χ0) is 20.5. The third-order valence-electron chi connectivity index (χ3n) is 6.08. The van der Waals surface area contributed by atoms with Gasteiger partial charge in [-0.1, -0.05) is 54.6 Å². The minimum absolute atomic E-state index is 0.0182. The van der Waals surface area contributed by atoms with Crippen molar-refractivity contribution in [3.63, 3.8) is 0 Å². The van der Waals surface area contributed by atoms with Crippen molar-refractivity contribution in [3.05, 3.63) is 101 Å². The molecule has 0 saturated carbocycles. The summed E-state index contributed by atoms with van der Waals surface area (Å²) in [5, 5.41) is 1.10. The average molecular weight is 416 g/mol. The molecule has 1 aliphatic rings. The van der Waals surface area contributed by atoms with Crippen molar-refractivity contribution in [1.82, 2.24) is 14.9 Å². The van der Waals surface area contributed by atoms with Crippen LogP contribution in [-0.2, 0) is 17.8 Å². The molecule has 2 aromatic carbocycles. The molecule has 0 radical (unpaired) electrons. The van der Waals surface area contributed by atoms with Crippen molar-refractivity contribution >= 4 is 28.5 Å². The number of hydrogen-bond donors (Lipinski definition) is 1. The lowest BCUT2D eigenvalue weighted by Gasteiger charge is -2.43. The largest absolute Gasteiger partial charge is 0.346 e. The third kappa shape index (κ3) is 3.27. The highest BCUT2D eigenvalue weighted by atomic mass is 35.5. The lowest BCUT2D eigenvalue weighted by Crippen LogP contribution is -2.48. The Morgan fingerprint density at radius 2 is 1.87 bits per heavy atom. The van der Waals surface area contributed by atoms with Gasteiger partial charge in [-0.2, -0.15) is 0 Å². The van der Waals surface area contributed by atoms with Gasteiger partial charge in [-0.3, -0.25) is 4.79 Å². The summed E-state index contributed by atoms with van der Waals surface area (Å²) >= 11 is 6.04. The summed E-state index contributed by atoms with van der Waals surface area (Å²) in [6.45, 7) is 0.580. The highest BCUT2D eigenvalue weighted by Gasteiger charge is 2.38. The number of halogens is 1. The van der Waals surface area contributed by atoms with Crippen LogP contribution in [0.3, 0.4) is 0 Å². The summed E-state index contributed by atoms with van der Waals surface area (Å²) in [5.41, 5.74) is 5.71. The maximum Gasteiger partial charge on any atom is 0.238 e. The molecule has 5 rings (SSSR count). The van der Waals surface area contributed by atoms with E-state index in [0.717, 1.165) is 23.0 Å². The molecular weight excluding hydrogens is 394 g/mol. The predicted molar refractivity (Wildman–Crippen MR) is 120 cm³/mol. The van der Waals surface area contributed by atoms with Crippen LogP contribution in [0.1, 0.15) is 28.2 Å². The summed E-state index contributed by atoms with van der Waals surface area (Å²) in [4.78, 5) is 22.6. The number of aromatic nitrogens is 2. The van der Waals surface area contributed by atoms with Crippen LogP contribution in [0.2, 0.25) is 0 Å². The number of rotatable bonds is 4. The minimum Gasteiger partial charge on any atom is -0.346 e. The number of nitrogens with zero attached hydrogens (tertiary/aromatic N) is 2. The van der Waals surface area contributed by atoms with Crippen LogP contribution in [0.15, 0.2) is 79.1 Å². The quantitative estimate of drug-likeness (QED) is 0.482. The number of nitrogens with one attached hydrogen (secondary N) is 1. The van der Waals surface area contributed by atoms with Gasteiger partial charge in [-0.15, -0.1) is 11.6 Å². The van der Waals surface area contributed by atoms with E-state index >= 15 is 0 Å². The Morgan fingerprint density at radius 3 is 2.70 bits per heavy atom. The summed E-state index contributed by atoms with van der Waals surface area (Å²) < 4.78 is 0. The molecular formula is C25H22ClN3O. The number of fused-ring (bicyclic) bond motifs is 2. The number of pyridine rings is 1. The zero-order valence-corrected chi connectivity index (χ0v) is 17.2. The van der Waals surface area contributed by atoms with Gasteiger partial charge in [-0.25, -0.2) is 4.98 Å². The Hall–Kier alpha value is -3.11. The van der Waals surface area contributed by atoms with Crippen molar-refractivity contribution in [2.24, 2.45) is 0 Å². The molecule has 2 atom stereocenters. The summed E-state index contributed by atoms with van der Waals surface area (Å²) in [6.07, 6.45) is 4.53. The maximum absolute atomic E-state index is 12.9. The van der Waals surface area contributed by atoms with Crippen molar-refractivity contribution in [2.45, 2.75) is 24.9 Å². The average Bonchev–Trinajstić information content (AvgIpc) is 3.21. The first kappa shape index (κ1) is 18.9. The molecule has 1 amide bonds. The zero-order valence-electron chi connectivity index (χ0n) is 16.5. The van der Waals surface area contributed by atoms with Gasteiger partial charge >= 0.3 is 0 Å². The van der Waals surface area contributed by atoms with E-state index in [1.807, 2.05) is 29.3 Å². The predicted octanol–water partition coefficient (Wildman–Crippen LogP) is 4.89. The number of benzene rings is 2. The maximum atomic E-state index is 12.9. The lowest BCUT2D eigenvalue weighted by atomic mass is 9.76. The smallest absolute Gasteiger partial charge is 0.238 e. The van der Waals surface area contributed by atoms with Crippen LogP contribution >= 0.6 is 11.6 Å². The van der Waals surface area contributed by atoms with Crippen LogP contribution in [0.4, 0.5) is 0 Å². The molecule has 4 nitrogen and oxygen atoms in total. The summed E-state index contributed by atoms with van der Waals surface area (Å²) in [5.74, 6) is 0.0234. The highest BCUT2D eigenvalue weighted by molar-refractivity contribution is 6.27. The number of carbonyl (C=O) groups is 1. The van der Waals surface area contributed by atoms with E-state index < -0.39 is 0 Å². The van der Waals surface area contributed by atoms with E-state index in [1.165, 1.54) is 16.7 Å². The second-order valence-electron chi connectivity index (χ2n) is 7.73. The number of amides is 1. The van der Waals surface area contributed by atoms with Gasteiger partial charge < -0.3 is 9.88 Å². The molecule has 0 fully saturated rings. The van der Waals surface area contributed by atoms with Crippen LogP contribution in [0.25, 0.3) is 11.0 Å². The standard InChI is InChI=1S/C25H22ClN3O/c26-14-23(30)29-16-18-9-4-5-10-20(18)24(17-7-2-1-3-8-17)22(29)13-19-15-28-25-21(19)11-6-12-27-25/h1-12,15,22,24H,13-14,16H2,(H,27,28). The molecule has 5 heteroatoms. The monoisotopic (exact) mass is 415 g/mol. The molecule has 0 saturated heterocycles. The molecule has 2 aromatic heterocycles. The second kappa shape index (κ2) is 7.96. The first-order valence-electron chi connectivity index (χ1n) is 10.2. The number of carbonyl (C=O) groups excluding carboxylic acids is 1. The third-order valence-corrected chi connectivity index (χ3v) is 6.30. The Kier molecular flexibility index (Phi) is 5.01. The number of alkyl halides is 1. The lowest BCUT2D eigenvalue weighted by molar-refractivity contribution is -0.132. The molecule has 0 bridgehead atoms. The van der Waals surface area contributed by atoms with Crippen LogP contribution in [-0.4, -0.2) is 32.7 Å². The van der Waals surface area contributed by atoms with E-state index in [4.69, 9.17) is 11.6 Å². The Balaban J connectivity index is 1.65. The Bertz CT molecular complexity index is 1190. The van der Waals surface area contributed by atoms with E-state index in [2.05, 4.69) is 58.5 Å². The van der Waals surface area contributed by atoms with Crippen molar-refractivity contribution in [3.8, 4) is 0 Å². The van der Waals surface area contributed by atoms with Crippen LogP contribution < -0.4 is 0 Å². The first-order valence-corrected chi connectivity index (χ1v) is 10.7. The second-order valence-corrected chi connectivity index (χ2v) is 7.99. The fourth-order valence-electron chi connectivity index (χ4n) is 4.72.